The van der Waals surface area contributed by atoms with Crippen molar-refractivity contribution in [3.8, 4) is 0 Å². The third kappa shape index (κ3) is 5.10. The first-order valence-electron chi connectivity index (χ1n) is 4.99. The van der Waals surface area contributed by atoms with E-state index in [-0.39, 0.29) is 11.4 Å². The Bertz CT molecular complexity index is 525. The van der Waals surface area contributed by atoms with Crippen LogP contribution in [0, 0.1) is 0 Å². The number of rotatable bonds is 7. The number of hydrogen-bond donors (Lipinski definition) is 1. The predicted octanol–water partition coefficient (Wildman–Crippen LogP) is 3.14. The van der Waals surface area contributed by atoms with Crippen LogP contribution in [-0.4, -0.2) is 28.2 Å². The van der Waals surface area contributed by atoms with Crippen LogP contribution >= 0.6 is 43.2 Å². The molecule has 1 N–H and O–H groups in total. The van der Waals surface area contributed by atoms with E-state index in [1.54, 1.807) is 6.07 Å². The van der Waals surface area contributed by atoms with Crippen LogP contribution < -0.4 is 4.72 Å². The summed E-state index contributed by atoms with van der Waals surface area (Å²) in [5.41, 5.74) is 0.905. The van der Waals surface area contributed by atoms with Crippen LogP contribution in [0.3, 0.4) is 0 Å². The topological polar surface area (TPSA) is 55.4 Å². The lowest BCUT2D eigenvalue weighted by Crippen LogP contribution is -2.27. The highest BCUT2D eigenvalue weighted by atomic mass is 79.9. The van der Waals surface area contributed by atoms with E-state index in [1.165, 1.54) is 11.3 Å². The van der Waals surface area contributed by atoms with Gasteiger partial charge in [-0.1, -0.05) is 12.2 Å². The molecule has 0 atom stereocenters. The van der Waals surface area contributed by atoms with E-state index in [9.17, 15) is 8.42 Å². The summed E-state index contributed by atoms with van der Waals surface area (Å²) in [5, 5.41) is 0. The summed E-state index contributed by atoms with van der Waals surface area (Å²) in [6.07, 6.45) is 0. The number of hydrogen-bond acceptors (Lipinski definition) is 4. The maximum Gasteiger partial charge on any atom is 0.242 e. The molecule has 0 amide bonds. The van der Waals surface area contributed by atoms with Gasteiger partial charge in [0.25, 0.3) is 0 Å². The van der Waals surface area contributed by atoms with Crippen LogP contribution in [0.1, 0.15) is 6.92 Å². The van der Waals surface area contributed by atoms with Gasteiger partial charge in [0.15, 0.2) is 0 Å². The lowest BCUT2D eigenvalue weighted by atomic mass is 10.4. The number of thiophene rings is 1. The summed E-state index contributed by atoms with van der Waals surface area (Å²) < 4.78 is 32.9. The van der Waals surface area contributed by atoms with E-state index in [1.807, 2.05) is 6.92 Å². The summed E-state index contributed by atoms with van der Waals surface area (Å²) in [6.45, 7) is 6.53. The molecule has 1 heterocycles. The van der Waals surface area contributed by atoms with E-state index >= 15 is 0 Å². The Hall–Kier alpha value is 0.270. The lowest BCUT2D eigenvalue weighted by molar-refractivity contribution is 0.162. The molecular weight excluding hydrogens is 406 g/mol. The van der Waals surface area contributed by atoms with Crippen molar-refractivity contribution in [1.82, 2.24) is 4.72 Å². The Kier molecular flexibility index (Phi) is 6.49. The van der Waals surface area contributed by atoms with Crippen LogP contribution in [-0.2, 0) is 14.8 Å². The van der Waals surface area contributed by atoms with Gasteiger partial charge in [-0.05, 0) is 44.8 Å². The molecule has 18 heavy (non-hydrogen) atoms. The minimum absolute atomic E-state index is 0.232. The zero-order chi connectivity index (χ0) is 13.8. The summed E-state index contributed by atoms with van der Waals surface area (Å²) in [6, 6.07) is 1.56. The number of sulfonamides is 1. The Balaban J connectivity index is 2.51. The number of ether oxygens (including phenoxy) is 1. The minimum Gasteiger partial charge on any atom is -0.376 e. The van der Waals surface area contributed by atoms with Gasteiger partial charge in [-0.3, -0.25) is 0 Å². The van der Waals surface area contributed by atoms with Crippen LogP contribution in [0.5, 0.6) is 0 Å². The Morgan fingerprint density at radius 2 is 2.22 bits per heavy atom. The number of nitrogens with one attached hydrogen (secondary N) is 1. The SMILES string of the molecule is C=C(C)COCCNS(=O)(=O)c1cc(Br)sc1Br. The molecule has 0 saturated carbocycles. The molecule has 0 spiro atoms. The fraction of sp³-hybridized carbons (Fsp3) is 0.400. The Morgan fingerprint density at radius 1 is 1.56 bits per heavy atom. The second kappa shape index (κ2) is 7.16. The first-order chi connectivity index (χ1) is 8.33. The molecule has 0 aliphatic rings. The molecule has 1 rings (SSSR count). The highest BCUT2D eigenvalue weighted by Crippen LogP contribution is 2.34. The average Bonchev–Trinajstić information content (AvgIpc) is 2.57. The summed E-state index contributed by atoms with van der Waals surface area (Å²) >= 11 is 7.78. The second-order valence-electron chi connectivity index (χ2n) is 3.60. The highest BCUT2D eigenvalue weighted by molar-refractivity contribution is 9.12. The van der Waals surface area contributed by atoms with Gasteiger partial charge < -0.3 is 4.74 Å². The first-order valence-corrected chi connectivity index (χ1v) is 8.88. The lowest BCUT2D eigenvalue weighted by Gasteiger charge is -2.06. The molecule has 1 aromatic heterocycles. The summed E-state index contributed by atoms with van der Waals surface area (Å²) in [5.74, 6) is 0. The fourth-order valence-electron chi connectivity index (χ4n) is 1.08. The van der Waals surface area contributed by atoms with E-state index in [0.29, 0.717) is 17.0 Å². The largest absolute Gasteiger partial charge is 0.376 e. The third-order valence-corrected chi connectivity index (χ3v) is 6.02. The molecule has 0 saturated heterocycles. The maximum atomic E-state index is 11.9. The third-order valence-electron chi connectivity index (χ3n) is 1.80. The van der Waals surface area contributed by atoms with Crippen molar-refractivity contribution >= 4 is 53.2 Å². The van der Waals surface area contributed by atoms with Gasteiger partial charge in [0.05, 0.1) is 20.8 Å². The van der Waals surface area contributed by atoms with Gasteiger partial charge in [0, 0.05) is 6.54 Å². The predicted molar refractivity (Wildman–Crippen MR) is 80.5 cm³/mol. The van der Waals surface area contributed by atoms with Crippen molar-refractivity contribution in [3.05, 3.63) is 25.8 Å². The number of halogens is 2. The Labute approximate surface area is 128 Å². The van der Waals surface area contributed by atoms with Gasteiger partial charge in [-0.15, -0.1) is 11.3 Å². The molecule has 0 aliphatic carbocycles. The van der Waals surface area contributed by atoms with Gasteiger partial charge in [-0.25, -0.2) is 13.1 Å². The summed E-state index contributed by atoms with van der Waals surface area (Å²) in [4.78, 5) is 0.235. The van der Waals surface area contributed by atoms with E-state index < -0.39 is 10.0 Å². The van der Waals surface area contributed by atoms with Crippen LogP contribution in [0.4, 0.5) is 0 Å². The van der Waals surface area contributed by atoms with Gasteiger partial charge >= 0.3 is 0 Å². The van der Waals surface area contributed by atoms with Crippen LogP contribution in [0.25, 0.3) is 0 Å². The minimum atomic E-state index is -3.49. The van der Waals surface area contributed by atoms with Crippen LogP contribution in [0.15, 0.2) is 30.7 Å². The molecule has 0 unspecified atom stereocenters. The quantitative estimate of drug-likeness (QED) is 0.546. The molecule has 4 nitrogen and oxygen atoms in total. The van der Waals surface area contributed by atoms with E-state index in [4.69, 9.17) is 4.74 Å². The van der Waals surface area contributed by atoms with Crippen molar-refractivity contribution in [2.75, 3.05) is 19.8 Å². The maximum absolute atomic E-state index is 11.9. The Morgan fingerprint density at radius 3 is 2.72 bits per heavy atom. The molecule has 0 aromatic carbocycles. The highest BCUT2D eigenvalue weighted by Gasteiger charge is 2.19. The molecule has 8 heteroatoms. The molecule has 0 radical (unpaired) electrons. The van der Waals surface area contributed by atoms with Crippen LogP contribution in [0.2, 0.25) is 0 Å². The zero-order valence-electron chi connectivity index (χ0n) is 9.70. The van der Waals surface area contributed by atoms with Gasteiger partial charge in [0.2, 0.25) is 10.0 Å². The van der Waals surface area contributed by atoms with Gasteiger partial charge in [0.1, 0.15) is 4.90 Å². The van der Waals surface area contributed by atoms with E-state index in [0.717, 1.165) is 9.36 Å². The normalized spacial score (nSPS) is 11.7. The fourth-order valence-corrected chi connectivity index (χ4v) is 5.90. The van der Waals surface area contributed by atoms with Crippen molar-refractivity contribution < 1.29 is 13.2 Å². The first kappa shape index (κ1) is 16.3. The van der Waals surface area contributed by atoms with Gasteiger partial charge in [-0.2, -0.15) is 0 Å². The molecule has 0 bridgehead atoms. The zero-order valence-corrected chi connectivity index (χ0v) is 14.5. The van der Waals surface area contributed by atoms with Crippen molar-refractivity contribution in [2.24, 2.45) is 0 Å². The van der Waals surface area contributed by atoms with Crippen molar-refractivity contribution in [3.63, 3.8) is 0 Å². The molecule has 1 aromatic rings. The van der Waals surface area contributed by atoms with Crippen molar-refractivity contribution in [1.29, 1.82) is 0 Å². The monoisotopic (exact) mass is 417 g/mol. The smallest absolute Gasteiger partial charge is 0.242 e. The summed E-state index contributed by atoms with van der Waals surface area (Å²) in [7, 11) is -3.49. The van der Waals surface area contributed by atoms with Crippen molar-refractivity contribution in [2.45, 2.75) is 11.8 Å². The second-order valence-corrected chi connectivity index (χ2v) is 9.08. The van der Waals surface area contributed by atoms with E-state index in [2.05, 4.69) is 43.2 Å². The standard InChI is InChI=1S/C10H13Br2NO3S2/c1-7(2)6-16-4-3-13-18(14,15)8-5-9(11)17-10(8)12/h5,13H,1,3-4,6H2,2H3. The molecule has 102 valence electrons. The molecule has 0 aliphatic heterocycles. The average molecular weight is 419 g/mol. The molecular formula is C10H13Br2NO3S2. The molecule has 0 fully saturated rings.